The highest BCUT2D eigenvalue weighted by Crippen LogP contribution is 2.30. The summed E-state index contributed by atoms with van der Waals surface area (Å²) < 4.78 is 0. The van der Waals surface area contributed by atoms with Crippen LogP contribution in [0.15, 0.2) is 46.4 Å². The summed E-state index contributed by atoms with van der Waals surface area (Å²) in [6, 6.07) is 10.3. The van der Waals surface area contributed by atoms with E-state index in [0.717, 1.165) is 34.5 Å². The molecule has 2 heterocycles. The van der Waals surface area contributed by atoms with E-state index in [1.165, 1.54) is 24.6 Å². The van der Waals surface area contributed by atoms with Crippen LogP contribution >= 0.6 is 11.8 Å². The highest BCUT2D eigenvalue weighted by atomic mass is 32.2. The second-order valence-corrected chi connectivity index (χ2v) is 6.89. The van der Waals surface area contributed by atoms with Crippen LogP contribution in [-0.2, 0) is 4.79 Å². The quantitative estimate of drug-likeness (QED) is 0.857. The van der Waals surface area contributed by atoms with E-state index in [4.69, 9.17) is 0 Å². The third-order valence-corrected chi connectivity index (χ3v) is 5.17. The van der Waals surface area contributed by atoms with Crippen molar-refractivity contribution in [1.29, 1.82) is 0 Å². The van der Waals surface area contributed by atoms with Gasteiger partial charge in [0.2, 0.25) is 0 Å². The Labute approximate surface area is 139 Å². The van der Waals surface area contributed by atoms with Gasteiger partial charge in [-0.15, -0.1) is 0 Å². The second-order valence-electron chi connectivity index (χ2n) is 5.85. The van der Waals surface area contributed by atoms with Crippen LogP contribution in [0.5, 0.6) is 0 Å². The van der Waals surface area contributed by atoms with Gasteiger partial charge in [0.05, 0.1) is 16.5 Å². The van der Waals surface area contributed by atoms with Gasteiger partial charge in [0.1, 0.15) is 0 Å². The first-order chi connectivity index (χ1) is 11.3. The number of nitrogens with one attached hydrogen (secondary N) is 1. The molecule has 1 N–H and O–H groups in total. The molecule has 1 saturated heterocycles. The first kappa shape index (κ1) is 14.5. The fourth-order valence-electron chi connectivity index (χ4n) is 3.07. The number of amides is 1. The largest absolute Gasteiger partial charge is 0.301 e. The number of aromatic nitrogens is 1. The monoisotopic (exact) mass is 323 g/mol. The van der Waals surface area contributed by atoms with Gasteiger partial charge in [0.25, 0.3) is 5.91 Å². The molecule has 4 rings (SSSR count). The topological polar surface area (TPSA) is 54.4 Å². The van der Waals surface area contributed by atoms with Gasteiger partial charge in [-0.3, -0.25) is 14.8 Å². The summed E-state index contributed by atoms with van der Waals surface area (Å²) in [5, 5.41) is 4.68. The molecular weight excluding hydrogens is 306 g/mol. The van der Waals surface area contributed by atoms with Crippen LogP contribution in [0.1, 0.15) is 31.2 Å². The molecule has 1 aliphatic heterocycles. The highest BCUT2D eigenvalue weighted by molar-refractivity contribution is 8.18. The van der Waals surface area contributed by atoms with Crippen molar-refractivity contribution in [1.82, 2.24) is 10.3 Å². The summed E-state index contributed by atoms with van der Waals surface area (Å²) in [6.45, 7) is 0. The maximum atomic E-state index is 12.2. The fraction of sp³-hybridized carbons (Fsp3) is 0.278. The summed E-state index contributed by atoms with van der Waals surface area (Å²) in [7, 11) is 0. The zero-order valence-electron chi connectivity index (χ0n) is 12.7. The smallest absolute Gasteiger partial charge is 0.264 e. The molecule has 5 heteroatoms. The molecule has 1 aromatic heterocycles. The van der Waals surface area contributed by atoms with Gasteiger partial charge in [-0.2, -0.15) is 0 Å². The number of carbonyl (C=O) groups is 1. The molecular formula is C18H17N3OS. The lowest BCUT2D eigenvalue weighted by molar-refractivity contribution is -0.115. The summed E-state index contributed by atoms with van der Waals surface area (Å²) >= 11 is 1.44. The first-order valence-electron chi connectivity index (χ1n) is 7.92. The molecule has 1 aromatic carbocycles. The van der Waals surface area contributed by atoms with Crippen molar-refractivity contribution < 1.29 is 4.79 Å². The molecule has 1 saturated carbocycles. The number of para-hydroxylation sites is 1. The molecule has 1 amide bonds. The van der Waals surface area contributed by atoms with E-state index in [1.807, 2.05) is 36.4 Å². The average molecular weight is 323 g/mol. The van der Waals surface area contributed by atoms with Crippen LogP contribution in [0.3, 0.4) is 0 Å². The molecule has 0 spiro atoms. The van der Waals surface area contributed by atoms with Crippen LogP contribution in [0, 0.1) is 0 Å². The van der Waals surface area contributed by atoms with Crippen LogP contribution in [0.25, 0.3) is 17.0 Å². The third-order valence-electron chi connectivity index (χ3n) is 4.24. The minimum Gasteiger partial charge on any atom is -0.301 e. The SMILES string of the molecule is O=C1NC(=NC2CCCC2)SC1=Cc1ccnc2ccccc12. The first-order valence-corrected chi connectivity index (χ1v) is 8.74. The number of thioether (sulfide) groups is 1. The van der Waals surface area contributed by atoms with Crippen LogP contribution < -0.4 is 5.32 Å². The summed E-state index contributed by atoms with van der Waals surface area (Å²) in [5.41, 5.74) is 1.94. The van der Waals surface area contributed by atoms with Crippen molar-refractivity contribution in [2.24, 2.45) is 4.99 Å². The molecule has 2 aliphatic rings. The molecule has 0 atom stereocenters. The molecule has 2 aromatic rings. The average Bonchev–Trinajstić information content (AvgIpc) is 3.18. The van der Waals surface area contributed by atoms with Crippen molar-refractivity contribution in [2.75, 3.05) is 0 Å². The Hall–Kier alpha value is -2.14. The number of nitrogens with zero attached hydrogens (tertiary/aromatic N) is 2. The van der Waals surface area contributed by atoms with E-state index >= 15 is 0 Å². The number of rotatable bonds is 2. The summed E-state index contributed by atoms with van der Waals surface area (Å²) in [5.74, 6) is -0.0624. The lowest BCUT2D eigenvalue weighted by Gasteiger charge is -2.02. The van der Waals surface area contributed by atoms with E-state index in [9.17, 15) is 4.79 Å². The maximum absolute atomic E-state index is 12.2. The van der Waals surface area contributed by atoms with Crippen molar-refractivity contribution in [3.63, 3.8) is 0 Å². The predicted octanol–water partition coefficient (Wildman–Crippen LogP) is 3.74. The van der Waals surface area contributed by atoms with Crippen LogP contribution in [0.4, 0.5) is 0 Å². The third kappa shape index (κ3) is 3.01. The van der Waals surface area contributed by atoms with Crippen molar-refractivity contribution >= 4 is 39.8 Å². The van der Waals surface area contributed by atoms with Crippen molar-refractivity contribution in [3.8, 4) is 0 Å². The zero-order valence-corrected chi connectivity index (χ0v) is 13.5. The standard InChI is InChI=1S/C18H17N3OS/c22-17-16(23-18(21-17)20-13-5-1-2-6-13)11-12-9-10-19-15-8-4-3-7-14(12)15/h3-4,7-11,13H,1-2,5-6H2,(H,20,21,22). The summed E-state index contributed by atoms with van der Waals surface area (Å²) in [6.07, 6.45) is 8.46. The van der Waals surface area contributed by atoms with E-state index < -0.39 is 0 Å². The molecule has 1 aliphatic carbocycles. The fourth-order valence-corrected chi connectivity index (χ4v) is 3.96. The number of aliphatic imine (C=N–C) groups is 1. The van der Waals surface area contributed by atoms with E-state index in [-0.39, 0.29) is 5.91 Å². The Morgan fingerprint density at radius 3 is 2.91 bits per heavy atom. The van der Waals surface area contributed by atoms with Gasteiger partial charge >= 0.3 is 0 Å². The number of hydrogen-bond acceptors (Lipinski definition) is 4. The Bertz CT molecular complexity index is 817. The molecule has 116 valence electrons. The lowest BCUT2D eigenvalue weighted by Crippen LogP contribution is -2.21. The molecule has 0 bridgehead atoms. The zero-order chi connectivity index (χ0) is 15.6. The highest BCUT2D eigenvalue weighted by Gasteiger charge is 2.25. The van der Waals surface area contributed by atoms with Gasteiger partial charge < -0.3 is 5.32 Å². The van der Waals surface area contributed by atoms with Crippen LogP contribution in [-0.4, -0.2) is 22.1 Å². The minimum atomic E-state index is -0.0624. The Kier molecular flexibility index (Phi) is 3.87. The van der Waals surface area contributed by atoms with Crippen LogP contribution in [0.2, 0.25) is 0 Å². The second kappa shape index (κ2) is 6.16. The van der Waals surface area contributed by atoms with Gasteiger partial charge in [-0.25, -0.2) is 0 Å². The molecule has 4 nitrogen and oxygen atoms in total. The molecule has 0 unspecified atom stereocenters. The van der Waals surface area contributed by atoms with Gasteiger partial charge in [-0.05, 0) is 48.4 Å². The molecule has 2 fully saturated rings. The predicted molar refractivity (Wildman–Crippen MR) is 95.1 cm³/mol. The Morgan fingerprint density at radius 1 is 1.22 bits per heavy atom. The van der Waals surface area contributed by atoms with Crippen molar-refractivity contribution in [2.45, 2.75) is 31.7 Å². The van der Waals surface area contributed by atoms with Crippen molar-refractivity contribution in [3.05, 3.63) is 47.0 Å². The number of fused-ring (bicyclic) bond motifs is 1. The van der Waals surface area contributed by atoms with Gasteiger partial charge in [-0.1, -0.05) is 31.0 Å². The number of hydrogen-bond donors (Lipinski definition) is 1. The number of amidine groups is 1. The van der Waals surface area contributed by atoms with Gasteiger partial charge in [0.15, 0.2) is 5.17 Å². The molecule has 0 radical (unpaired) electrons. The molecule has 23 heavy (non-hydrogen) atoms. The number of pyridine rings is 1. The Morgan fingerprint density at radius 2 is 2.04 bits per heavy atom. The Balaban J connectivity index is 1.64. The summed E-state index contributed by atoms with van der Waals surface area (Å²) in [4.78, 5) is 21.9. The minimum absolute atomic E-state index is 0.0624. The van der Waals surface area contributed by atoms with Gasteiger partial charge in [0, 0.05) is 11.6 Å². The normalized spacial score (nSPS) is 22.3. The number of carbonyl (C=O) groups excluding carboxylic acids is 1. The maximum Gasteiger partial charge on any atom is 0.264 e. The number of benzene rings is 1. The van der Waals surface area contributed by atoms with E-state index in [1.54, 1.807) is 6.20 Å². The van der Waals surface area contributed by atoms with E-state index in [0.29, 0.717) is 10.9 Å². The van der Waals surface area contributed by atoms with E-state index in [2.05, 4.69) is 15.3 Å². The lowest BCUT2D eigenvalue weighted by atomic mass is 10.1.